The van der Waals surface area contributed by atoms with Gasteiger partial charge in [0.15, 0.2) is 5.96 Å². The number of aliphatic carboxylic acids is 2. The Morgan fingerprint density at radius 3 is 1.37 bits per heavy atom. The van der Waals surface area contributed by atoms with E-state index in [1.807, 2.05) is 13.8 Å². The molecule has 0 spiro atoms. The Kier molecular flexibility index (Phi) is 38.6. The van der Waals surface area contributed by atoms with Gasteiger partial charge in [-0.1, -0.05) is 71.9 Å². The minimum atomic E-state index is -2.02. The van der Waals surface area contributed by atoms with Gasteiger partial charge < -0.3 is 108 Å². The van der Waals surface area contributed by atoms with E-state index < -0.39 is 181 Å². The number of carboxylic acids is 2. The zero-order valence-corrected chi connectivity index (χ0v) is 57.1. The molecule has 2 aromatic rings. The molecule has 99 heavy (non-hydrogen) atoms. The van der Waals surface area contributed by atoms with Crippen molar-refractivity contribution >= 4 is 88.8 Å². The Labute approximate surface area is 574 Å². The fourth-order valence-electron chi connectivity index (χ4n) is 10.1. The van der Waals surface area contributed by atoms with Crippen molar-refractivity contribution in [2.24, 2.45) is 52.2 Å². The number of hydrogen-bond donors (Lipinski definition) is 21. The highest BCUT2D eigenvalue weighted by Gasteiger charge is 2.38. The van der Waals surface area contributed by atoms with Crippen molar-refractivity contribution in [3.05, 3.63) is 54.1 Å². The molecule has 11 atom stereocenters. The molecule has 0 unspecified atom stereocenters. The first kappa shape index (κ1) is 85.2. The standard InChI is InChI=1S/C63H104N20O16/c1-33(2)25-38(66)52(88)74-41(19-14-24-72-63(69)70)54(90)75-39(17-10-12-22-64)53(89)76-40(18-11-13-23-65)55(91)78-43(26-34(3)4)57(93)77-42(20-21-48(67)84)56(92)80-46(30-50(86)87)60(96)83-51(35(5)6)61(97)81-44(28-37-31-71-32-73-37)58(94)79-45(29-49(68)85)59(95)82-47(62(98)99)27-36-15-8-7-9-16-36/h7-9,15-16,31-35,38-47,51H,10-14,17-30,64-66H2,1-6H3,(H2,67,84)(H2,68,85)(H,71,73)(H,74,88)(H,75,90)(H,76,89)(H,77,93)(H,78,91)(H,79,94)(H,80,92)(H,81,97)(H,82,95)(H,83,96)(H,86,87)(H,98,99)(H4,69,70,72)/t38-,39-,40-,41-,42-,43-,44-,45-,46-,47-,51-/m0/s1. The number of primary amides is 2. The first-order chi connectivity index (χ1) is 46.6. The smallest absolute Gasteiger partial charge is 0.326 e. The van der Waals surface area contributed by atoms with Gasteiger partial charge in [0.1, 0.15) is 60.4 Å². The highest BCUT2D eigenvalue weighted by Crippen LogP contribution is 2.14. The summed E-state index contributed by atoms with van der Waals surface area (Å²) in [5.74, 6) is -16.5. The van der Waals surface area contributed by atoms with Crippen molar-refractivity contribution in [2.75, 3.05) is 19.6 Å². The van der Waals surface area contributed by atoms with Gasteiger partial charge in [0.25, 0.3) is 0 Å². The first-order valence-electron chi connectivity index (χ1n) is 33.0. The number of hydrogen-bond acceptors (Lipinski definition) is 19. The van der Waals surface area contributed by atoms with Crippen LogP contribution in [0.5, 0.6) is 0 Å². The molecule has 1 heterocycles. The van der Waals surface area contributed by atoms with Crippen molar-refractivity contribution in [1.82, 2.24) is 68.5 Å². The van der Waals surface area contributed by atoms with Crippen LogP contribution >= 0.6 is 0 Å². The van der Waals surface area contributed by atoms with E-state index in [0.29, 0.717) is 31.2 Å². The largest absolute Gasteiger partial charge is 0.481 e. The molecule has 0 bridgehead atoms. The molecule has 36 heteroatoms. The maximum Gasteiger partial charge on any atom is 0.326 e. The molecule has 1 aromatic heterocycles. The number of carbonyl (C=O) groups is 14. The number of carbonyl (C=O) groups excluding carboxylic acids is 12. The van der Waals surface area contributed by atoms with Crippen LogP contribution in [0.4, 0.5) is 0 Å². The van der Waals surface area contributed by atoms with Crippen molar-refractivity contribution in [2.45, 2.75) is 211 Å². The molecule has 0 aliphatic carbocycles. The summed E-state index contributed by atoms with van der Waals surface area (Å²) in [7, 11) is 0. The van der Waals surface area contributed by atoms with Crippen LogP contribution in [-0.2, 0) is 80.0 Å². The molecule has 2 rings (SSSR count). The van der Waals surface area contributed by atoms with Crippen molar-refractivity contribution in [1.29, 1.82) is 5.41 Å². The second-order valence-corrected chi connectivity index (χ2v) is 25.3. The number of H-pyrrole nitrogens is 1. The molecule has 36 nitrogen and oxygen atoms in total. The molecule has 0 aliphatic heterocycles. The van der Waals surface area contributed by atoms with E-state index in [9.17, 15) is 77.3 Å². The maximum atomic E-state index is 14.5. The van der Waals surface area contributed by atoms with Crippen molar-refractivity contribution < 1.29 is 77.3 Å². The van der Waals surface area contributed by atoms with E-state index in [1.54, 1.807) is 44.2 Å². The second kappa shape index (κ2) is 44.9. The fraction of sp³-hybridized carbons (Fsp3) is 0.619. The summed E-state index contributed by atoms with van der Waals surface area (Å²) in [5.41, 5.74) is 34.8. The number of imidazole rings is 1. The minimum absolute atomic E-state index is 0.0260. The molecule has 0 radical (unpaired) electrons. The van der Waals surface area contributed by atoms with Crippen LogP contribution in [0.1, 0.15) is 143 Å². The molecular formula is C63H104N20O16. The molecule has 12 amide bonds. The molecule has 0 saturated heterocycles. The van der Waals surface area contributed by atoms with Gasteiger partial charge >= 0.3 is 11.9 Å². The van der Waals surface area contributed by atoms with Gasteiger partial charge in [-0.15, -0.1) is 0 Å². The van der Waals surface area contributed by atoms with E-state index in [-0.39, 0.29) is 94.5 Å². The highest BCUT2D eigenvalue weighted by atomic mass is 16.4. The summed E-state index contributed by atoms with van der Waals surface area (Å²) in [6, 6.07) is -8.50. The minimum Gasteiger partial charge on any atom is -0.481 e. The Bertz CT molecular complexity index is 3010. The van der Waals surface area contributed by atoms with E-state index >= 15 is 0 Å². The van der Waals surface area contributed by atoms with Gasteiger partial charge in [-0.2, -0.15) is 0 Å². The van der Waals surface area contributed by atoms with Crippen molar-refractivity contribution in [3.8, 4) is 0 Å². The third-order valence-electron chi connectivity index (χ3n) is 15.3. The van der Waals surface area contributed by atoms with E-state index in [1.165, 1.54) is 26.4 Å². The van der Waals surface area contributed by atoms with Gasteiger partial charge in [-0.25, -0.2) is 9.78 Å². The molecular weight excluding hydrogens is 1290 g/mol. The van der Waals surface area contributed by atoms with Crippen LogP contribution in [0.3, 0.4) is 0 Å². The monoisotopic (exact) mass is 1400 g/mol. The lowest BCUT2D eigenvalue weighted by Crippen LogP contribution is -2.61. The quantitative estimate of drug-likeness (QED) is 0.0168. The molecule has 0 aliphatic rings. The third kappa shape index (κ3) is 33.8. The highest BCUT2D eigenvalue weighted by molar-refractivity contribution is 6.00. The molecule has 552 valence electrons. The number of nitrogens with one attached hydrogen (secondary N) is 13. The summed E-state index contributed by atoms with van der Waals surface area (Å²) in [4.78, 5) is 197. The summed E-state index contributed by atoms with van der Waals surface area (Å²) in [6.45, 7) is 10.7. The van der Waals surface area contributed by atoms with Crippen LogP contribution in [0, 0.1) is 23.2 Å². The van der Waals surface area contributed by atoms with Gasteiger partial charge in [-0.05, 0) is 107 Å². The summed E-state index contributed by atoms with van der Waals surface area (Å²) in [6.07, 6.45) is 0.899. The average molecular weight is 1400 g/mol. The molecule has 27 N–H and O–H groups in total. The van der Waals surface area contributed by atoms with Crippen LogP contribution in [0.2, 0.25) is 0 Å². The zero-order chi connectivity index (χ0) is 74.5. The Balaban J connectivity index is 2.50. The van der Waals surface area contributed by atoms with Crippen LogP contribution < -0.4 is 92.9 Å². The van der Waals surface area contributed by atoms with Gasteiger partial charge in [0, 0.05) is 32.0 Å². The lowest BCUT2D eigenvalue weighted by molar-refractivity contribution is -0.143. The van der Waals surface area contributed by atoms with Crippen LogP contribution in [-0.4, -0.2) is 195 Å². The van der Waals surface area contributed by atoms with E-state index in [4.69, 9.17) is 39.8 Å². The van der Waals surface area contributed by atoms with Crippen LogP contribution in [0.15, 0.2) is 42.9 Å². The number of carboxylic acid groups (broad SMARTS) is 2. The predicted octanol–water partition coefficient (Wildman–Crippen LogP) is -4.66. The Morgan fingerprint density at radius 2 is 0.919 bits per heavy atom. The topological polar surface area (TPSA) is 620 Å². The zero-order valence-electron chi connectivity index (χ0n) is 57.1. The lowest BCUT2D eigenvalue weighted by Gasteiger charge is -2.29. The van der Waals surface area contributed by atoms with Crippen LogP contribution in [0.25, 0.3) is 0 Å². The summed E-state index contributed by atoms with van der Waals surface area (Å²) in [5, 5.41) is 55.1. The Morgan fingerprint density at radius 1 is 0.485 bits per heavy atom. The van der Waals surface area contributed by atoms with E-state index in [0.717, 1.165) is 0 Å². The first-order valence-corrected chi connectivity index (χ1v) is 33.0. The number of amides is 12. The fourth-order valence-corrected chi connectivity index (χ4v) is 10.1. The maximum absolute atomic E-state index is 14.5. The normalized spacial score (nSPS) is 14.5. The number of unbranched alkanes of at least 4 members (excludes halogenated alkanes) is 2. The number of rotatable bonds is 49. The second-order valence-electron chi connectivity index (χ2n) is 25.3. The molecule has 0 saturated carbocycles. The number of aromatic nitrogens is 2. The number of benzene rings is 1. The third-order valence-corrected chi connectivity index (χ3v) is 15.3. The SMILES string of the molecule is CC(C)C[C@H](NC(=O)[C@H](CCCCN)NC(=O)[C@H](CCCCN)NC(=O)[C@H](CCCNC(=N)N)NC(=O)[C@@H](N)CC(C)C)C(=O)N[C@@H](CCC(N)=O)C(=O)N[C@@H](CC(=O)O)C(=O)N[C@H](C(=O)N[C@@H](Cc1c[nH]cn1)C(=O)N[C@@H](CC(N)=O)C(=O)N[C@@H](Cc1ccccc1)C(=O)O)C(C)C. The lowest BCUT2D eigenvalue weighted by atomic mass is 10.00. The average Bonchev–Trinajstić information content (AvgIpc) is 1.23. The van der Waals surface area contributed by atoms with Gasteiger partial charge in [-0.3, -0.25) is 67.7 Å². The van der Waals surface area contributed by atoms with Gasteiger partial charge in [0.05, 0.1) is 30.9 Å². The molecule has 0 fully saturated rings. The number of nitrogens with two attached hydrogens (primary N) is 6. The van der Waals surface area contributed by atoms with Gasteiger partial charge in [0.2, 0.25) is 70.9 Å². The number of nitrogens with zero attached hydrogens (tertiary/aromatic N) is 1. The molecule has 1 aromatic carbocycles. The summed E-state index contributed by atoms with van der Waals surface area (Å²) < 4.78 is 0. The van der Waals surface area contributed by atoms with E-state index in [2.05, 4.69) is 68.5 Å². The predicted molar refractivity (Wildman–Crippen MR) is 361 cm³/mol. The number of aromatic amines is 1. The summed E-state index contributed by atoms with van der Waals surface area (Å²) >= 11 is 0. The number of guanidine groups is 1. The van der Waals surface area contributed by atoms with Crippen molar-refractivity contribution in [3.63, 3.8) is 0 Å². The Hall–Kier alpha value is -9.84.